The molecule has 5 heteroatoms. The Morgan fingerprint density at radius 1 is 1.26 bits per heavy atom. The lowest BCUT2D eigenvalue weighted by molar-refractivity contribution is 0.463. The van der Waals surface area contributed by atoms with Crippen molar-refractivity contribution in [1.29, 1.82) is 0 Å². The molecule has 2 atom stereocenters. The summed E-state index contributed by atoms with van der Waals surface area (Å²) in [6, 6.07) is 5.06. The molecule has 106 valence electrons. The molecule has 1 aliphatic heterocycles. The Morgan fingerprint density at radius 3 is 2.32 bits per heavy atom. The number of benzene rings is 1. The summed E-state index contributed by atoms with van der Waals surface area (Å²) in [5.74, 6) is 0.809. The van der Waals surface area contributed by atoms with Gasteiger partial charge in [-0.3, -0.25) is 0 Å². The van der Waals surface area contributed by atoms with Gasteiger partial charge in [-0.25, -0.2) is 8.42 Å². The summed E-state index contributed by atoms with van der Waals surface area (Å²) in [5.41, 5.74) is 7.45. The molecule has 0 bridgehead atoms. The van der Waals surface area contributed by atoms with Crippen molar-refractivity contribution in [1.82, 2.24) is 4.31 Å². The molecule has 0 aliphatic carbocycles. The molecule has 0 aromatic heterocycles. The van der Waals surface area contributed by atoms with Crippen LogP contribution < -0.4 is 5.73 Å². The van der Waals surface area contributed by atoms with Crippen molar-refractivity contribution in [2.75, 3.05) is 18.8 Å². The second-order valence-electron chi connectivity index (χ2n) is 5.49. The van der Waals surface area contributed by atoms with Crippen LogP contribution in [-0.2, 0) is 16.4 Å². The Labute approximate surface area is 115 Å². The molecule has 2 unspecified atom stereocenters. The molecule has 1 aromatic rings. The van der Waals surface area contributed by atoms with Crippen LogP contribution in [0.3, 0.4) is 0 Å². The summed E-state index contributed by atoms with van der Waals surface area (Å²) in [7, 11) is -3.40. The molecule has 0 spiro atoms. The average Bonchev–Trinajstić information content (AvgIpc) is 2.70. The first kappa shape index (κ1) is 14.3. The molecule has 1 aromatic carbocycles. The Morgan fingerprint density at radius 2 is 1.84 bits per heavy atom. The van der Waals surface area contributed by atoms with Crippen molar-refractivity contribution in [3.8, 4) is 0 Å². The van der Waals surface area contributed by atoms with Gasteiger partial charge in [-0.05, 0) is 36.0 Å². The molecular weight excluding hydrogens is 260 g/mol. The van der Waals surface area contributed by atoms with Crippen LogP contribution >= 0.6 is 0 Å². The van der Waals surface area contributed by atoms with E-state index >= 15 is 0 Å². The van der Waals surface area contributed by atoms with Crippen LogP contribution in [0, 0.1) is 11.8 Å². The van der Waals surface area contributed by atoms with E-state index in [-0.39, 0.29) is 0 Å². The maximum atomic E-state index is 12.5. The van der Waals surface area contributed by atoms with Crippen LogP contribution in [0.15, 0.2) is 23.1 Å². The number of hydrogen-bond acceptors (Lipinski definition) is 3. The van der Waals surface area contributed by atoms with Gasteiger partial charge in [-0.15, -0.1) is 0 Å². The highest BCUT2D eigenvalue weighted by molar-refractivity contribution is 7.89. The predicted molar refractivity (Wildman–Crippen MR) is 77.3 cm³/mol. The van der Waals surface area contributed by atoms with Crippen molar-refractivity contribution in [2.45, 2.75) is 32.1 Å². The zero-order valence-corrected chi connectivity index (χ0v) is 12.6. The summed E-state index contributed by atoms with van der Waals surface area (Å²) < 4.78 is 26.7. The third-order valence-electron chi connectivity index (χ3n) is 4.09. The normalized spacial score (nSPS) is 24.8. The van der Waals surface area contributed by atoms with E-state index in [1.54, 1.807) is 16.4 Å². The quantitative estimate of drug-likeness (QED) is 0.864. The number of aryl methyl sites for hydroxylation is 1. The van der Waals surface area contributed by atoms with E-state index in [4.69, 9.17) is 5.73 Å². The van der Waals surface area contributed by atoms with Gasteiger partial charge in [0.25, 0.3) is 0 Å². The maximum Gasteiger partial charge on any atom is 0.243 e. The van der Waals surface area contributed by atoms with E-state index in [1.165, 1.54) is 0 Å². The topological polar surface area (TPSA) is 63.4 Å². The van der Waals surface area contributed by atoms with E-state index in [0.29, 0.717) is 35.5 Å². The first-order valence-electron chi connectivity index (χ1n) is 6.74. The van der Waals surface area contributed by atoms with Crippen LogP contribution in [0.4, 0.5) is 5.69 Å². The van der Waals surface area contributed by atoms with Gasteiger partial charge >= 0.3 is 0 Å². The highest BCUT2D eigenvalue weighted by atomic mass is 32.2. The fraction of sp³-hybridized carbons (Fsp3) is 0.571. The number of nitrogen functional groups attached to an aromatic ring is 1. The standard InChI is InChI=1S/C14H22N2O2S/c1-4-12-5-6-13(7-14(12)15)19(17,18)16-8-10(2)11(3)9-16/h5-7,10-11H,4,8-9,15H2,1-3H3. The number of anilines is 1. The Balaban J connectivity index is 2.33. The molecule has 4 nitrogen and oxygen atoms in total. The number of sulfonamides is 1. The summed E-state index contributed by atoms with van der Waals surface area (Å²) >= 11 is 0. The van der Waals surface area contributed by atoms with Gasteiger partial charge in [-0.2, -0.15) is 4.31 Å². The smallest absolute Gasteiger partial charge is 0.243 e. The zero-order chi connectivity index (χ0) is 14.2. The van der Waals surface area contributed by atoms with Crippen LogP contribution in [0.5, 0.6) is 0 Å². The lowest BCUT2D eigenvalue weighted by Crippen LogP contribution is -2.29. The fourth-order valence-corrected chi connectivity index (χ4v) is 4.15. The Hall–Kier alpha value is -1.07. The molecule has 2 rings (SSSR count). The fourth-order valence-electron chi connectivity index (χ4n) is 2.48. The largest absolute Gasteiger partial charge is 0.398 e. The summed E-state index contributed by atoms with van der Waals surface area (Å²) in [6.07, 6.45) is 0.809. The van der Waals surface area contributed by atoms with Crippen molar-refractivity contribution in [3.05, 3.63) is 23.8 Å². The van der Waals surface area contributed by atoms with Crippen LogP contribution in [0.2, 0.25) is 0 Å². The summed E-state index contributed by atoms with van der Waals surface area (Å²) in [5, 5.41) is 0. The third-order valence-corrected chi connectivity index (χ3v) is 5.92. The third kappa shape index (κ3) is 2.62. The lowest BCUT2D eigenvalue weighted by Gasteiger charge is -2.17. The predicted octanol–water partition coefficient (Wildman–Crippen LogP) is 2.11. The molecule has 0 amide bonds. The molecule has 1 aliphatic rings. The second-order valence-corrected chi connectivity index (χ2v) is 7.43. The van der Waals surface area contributed by atoms with Gasteiger partial charge < -0.3 is 5.73 Å². The van der Waals surface area contributed by atoms with Crippen LogP contribution in [0.1, 0.15) is 26.3 Å². The average molecular weight is 282 g/mol. The molecule has 19 heavy (non-hydrogen) atoms. The number of hydrogen-bond donors (Lipinski definition) is 1. The summed E-state index contributed by atoms with van der Waals surface area (Å²) in [4.78, 5) is 0.309. The van der Waals surface area contributed by atoms with Crippen molar-refractivity contribution >= 4 is 15.7 Å². The monoisotopic (exact) mass is 282 g/mol. The first-order chi connectivity index (χ1) is 8.86. The van der Waals surface area contributed by atoms with Crippen molar-refractivity contribution in [3.63, 3.8) is 0 Å². The van der Waals surface area contributed by atoms with E-state index in [1.807, 2.05) is 13.0 Å². The Bertz CT molecular complexity index is 559. The van der Waals surface area contributed by atoms with Crippen LogP contribution in [0.25, 0.3) is 0 Å². The molecule has 1 fully saturated rings. The van der Waals surface area contributed by atoms with Crippen molar-refractivity contribution in [2.24, 2.45) is 11.8 Å². The molecule has 0 radical (unpaired) electrons. The van der Waals surface area contributed by atoms with Gasteiger partial charge in [0.15, 0.2) is 0 Å². The minimum absolute atomic E-state index is 0.309. The first-order valence-corrected chi connectivity index (χ1v) is 8.18. The highest BCUT2D eigenvalue weighted by Crippen LogP contribution is 2.29. The van der Waals surface area contributed by atoms with Gasteiger partial charge in [0.05, 0.1) is 4.90 Å². The van der Waals surface area contributed by atoms with E-state index in [9.17, 15) is 8.42 Å². The van der Waals surface area contributed by atoms with E-state index < -0.39 is 10.0 Å². The van der Waals surface area contributed by atoms with Crippen molar-refractivity contribution < 1.29 is 8.42 Å². The van der Waals surface area contributed by atoms with Gasteiger partial charge in [-0.1, -0.05) is 26.8 Å². The molecule has 2 N–H and O–H groups in total. The summed E-state index contributed by atoms with van der Waals surface area (Å²) in [6.45, 7) is 7.38. The highest BCUT2D eigenvalue weighted by Gasteiger charge is 2.34. The number of rotatable bonds is 3. The number of nitrogens with two attached hydrogens (primary N) is 1. The van der Waals surface area contributed by atoms with Gasteiger partial charge in [0.1, 0.15) is 0 Å². The second kappa shape index (κ2) is 5.13. The lowest BCUT2D eigenvalue weighted by atomic mass is 10.0. The molecule has 1 heterocycles. The minimum Gasteiger partial charge on any atom is -0.398 e. The zero-order valence-electron chi connectivity index (χ0n) is 11.8. The molecular formula is C14H22N2O2S. The molecule has 0 saturated carbocycles. The molecule has 1 saturated heterocycles. The van der Waals surface area contributed by atoms with E-state index in [0.717, 1.165) is 12.0 Å². The van der Waals surface area contributed by atoms with E-state index in [2.05, 4.69) is 13.8 Å². The van der Waals surface area contributed by atoms with Crippen LogP contribution in [-0.4, -0.2) is 25.8 Å². The van der Waals surface area contributed by atoms with Gasteiger partial charge in [0.2, 0.25) is 10.0 Å². The van der Waals surface area contributed by atoms with Gasteiger partial charge in [0, 0.05) is 18.8 Å². The number of nitrogens with zero attached hydrogens (tertiary/aromatic N) is 1. The minimum atomic E-state index is -3.40. The maximum absolute atomic E-state index is 12.5. The Kier molecular flexibility index (Phi) is 3.87. The SMILES string of the molecule is CCc1ccc(S(=O)(=O)N2CC(C)C(C)C2)cc1N.